The molecule has 5 heteroatoms. The molecule has 0 unspecified atom stereocenters. The average molecular weight is 519 g/mol. The van der Waals surface area contributed by atoms with Crippen molar-refractivity contribution in [2.24, 2.45) is 0 Å². The molecule has 0 saturated heterocycles. The molecule has 39 heavy (non-hydrogen) atoms. The van der Waals surface area contributed by atoms with E-state index in [0.29, 0.717) is 37.9 Å². The van der Waals surface area contributed by atoms with E-state index in [-0.39, 0.29) is 30.4 Å². The summed E-state index contributed by atoms with van der Waals surface area (Å²) in [6.07, 6.45) is 2.74. The monoisotopic (exact) mass is 518 g/mol. The van der Waals surface area contributed by atoms with Gasteiger partial charge < -0.3 is 10.6 Å². The second-order valence-electron chi connectivity index (χ2n) is 9.73. The van der Waals surface area contributed by atoms with Crippen LogP contribution in [0, 0.1) is 0 Å². The molecule has 0 radical (unpaired) electrons. The summed E-state index contributed by atoms with van der Waals surface area (Å²) in [6, 6.07) is 34.8. The van der Waals surface area contributed by atoms with Crippen molar-refractivity contribution >= 4 is 23.3 Å². The molecule has 198 valence electrons. The maximum atomic E-state index is 12.8. The average Bonchev–Trinajstić information content (AvgIpc) is 2.95. The van der Waals surface area contributed by atoms with Crippen LogP contribution in [0.1, 0.15) is 40.7 Å². The minimum Gasteiger partial charge on any atom is -0.334 e. The Morgan fingerprint density at radius 3 is 1.41 bits per heavy atom. The van der Waals surface area contributed by atoms with E-state index in [2.05, 4.69) is 10.6 Å². The number of anilines is 1. The lowest BCUT2D eigenvalue weighted by molar-refractivity contribution is -0.119. The number of rotatable bonds is 13. The lowest BCUT2D eigenvalue weighted by atomic mass is 9.97. The number of benzene rings is 4. The SMILES string of the molecule is O=C(CCc1ccccc1)Cc1cc(CC(=O)CCc2ccccc2)cc(NC(=O)NCc2ccccc2)c1. The van der Waals surface area contributed by atoms with Crippen molar-refractivity contribution in [2.75, 3.05) is 5.32 Å². The third-order valence-corrected chi connectivity index (χ3v) is 6.48. The zero-order chi connectivity index (χ0) is 27.3. The Morgan fingerprint density at radius 1 is 0.513 bits per heavy atom. The largest absolute Gasteiger partial charge is 0.334 e. The van der Waals surface area contributed by atoms with E-state index in [1.807, 2.05) is 109 Å². The van der Waals surface area contributed by atoms with Gasteiger partial charge in [0.1, 0.15) is 11.6 Å². The van der Waals surface area contributed by atoms with Crippen LogP contribution in [-0.4, -0.2) is 17.6 Å². The highest BCUT2D eigenvalue weighted by Gasteiger charge is 2.12. The Labute approximate surface area is 230 Å². The molecule has 0 spiro atoms. The van der Waals surface area contributed by atoms with Gasteiger partial charge in [0.2, 0.25) is 0 Å². The van der Waals surface area contributed by atoms with E-state index in [0.717, 1.165) is 27.8 Å². The Morgan fingerprint density at radius 2 is 0.949 bits per heavy atom. The fourth-order valence-corrected chi connectivity index (χ4v) is 4.48. The molecule has 0 aliphatic heterocycles. The van der Waals surface area contributed by atoms with Gasteiger partial charge in [0.25, 0.3) is 0 Å². The number of carbonyl (C=O) groups excluding carboxylic acids is 3. The Bertz CT molecular complexity index is 1190. The molecule has 4 aromatic rings. The summed E-state index contributed by atoms with van der Waals surface area (Å²) in [5.74, 6) is 0.233. The predicted molar refractivity (Wildman–Crippen MR) is 156 cm³/mol. The first-order valence-electron chi connectivity index (χ1n) is 13.4. The van der Waals surface area contributed by atoms with Gasteiger partial charge in [0, 0.05) is 37.9 Å². The minimum absolute atomic E-state index is 0.117. The second kappa shape index (κ2) is 14.4. The first-order chi connectivity index (χ1) is 19.0. The summed E-state index contributed by atoms with van der Waals surface area (Å²) >= 11 is 0. The van der Waals surface area contributed by atoms with Crippen molar-refractivity contribution in [1.82, 2.24) is 5.32 Å². The van der Waals surface area contributed by atoms with E-state index in [4.69, 9.17) is 0 Å². The first-order valence-corrected chi connectivity index (χ1v) is 13.4. The Kier molecular flexibility index (Phi) is 10.2. The summed E-state index contributed by atoms with van der Waals surface area (Å²) in [4.78, 5) is 38.2. The molecule has 4 rings (SSSR count). The third-order valence-electron chi connectivity index (χ3n) is 6.48. The molecule has 0 bridgehead atoms. The molecule has 0 atom stereocenters. The van der Waals surface area contributed by atoms with Gasteiger partial charge in [-0.2, -0.15) is 0 Å². The molecule has 0 saturated carbocycles. The highest BCUT2D eigenvalue weighted by atomic mass is 16.2. The maximum Gasteiger partial charge on any atom is 0.319 e. The van der Waals surface area contributed by atoms with Gasteiger partial charge in [-0.25, -0.2) is 4.79 Å². The Balaban J connectivity index is 1.41. The zero-order valence-electron chi connectivity index (χ0n) is 22.1. The van der Waals surface area contributed by atoms with Crippen LogP contribution in [0.15, 0.2) is 109 Å². The Hall–Kier alpha value is -4.51. The summed E-state index contributed by atoms with van der Waals surface area (Å²) in [5.41, 5.74) is 5.40. The van der Waals surface area contributed by atoms with Crippen LogP contribution in [0.2, 0.25) is 0 Å². The molecule has 0 aromatic heterocycles. The number of amides is 2. The standard InChI is InChI=1S/C34H34N2O3/c37-32(18-16-26-10-4-1-5-11-26)23-29-20-30(24-33(38)19-17-27-12-6-2-7-13-27)22-31(21-29)36-34(39)35-25-28-14-8-3-9-15-28/h1-15,20-22H,16-19,23-25H2,(H2,35,36,39). The maximum absolute atomic E-state index is 12.8. The summed E-state index contributed by atoms with van der Waals surface area (Å²) < 4.78 is 0. The molecule has 4 aromatic carbocycles. The van der Waals surface area contributed by atoms with Crippen molar-refractivity contribution in [1.29, 1.82) is 0 Å². The van der Waals surface area contributed by atoms with Crippen molar-refractivity contribution in [3.8, 4) is 0 Å². The minimum atomic E-state index is -0.340. The number of urea groups is 1. The summed E-state index contributed by atoms with van der Waals surface area (Å²) in [5, 5.41) is 5.74. The molecule has 0 aliphatic carbocycles. The van der Waals surface area contributed by atoms with Crippen LogP contribution >= 0.6 is 0 Å². The van der Waals surface area contributed by atoms with Crippen molar-refractivity contribution in [3.63, 3.8) is 0 Å². The van der Waals surface area contributed by atoms with Crippen LogP contribution in [0.3, 0.4) is 0 Å². The number of aryl methyl sites for hydroxylation is 2. The molecular weight excluding hydrogens is 484 g/mol. The van der Waals surface area contributed by atoms with E-state index in [9.17, 15) is 14.4 Å². The van der Waals surface area contributed by atoms with E-state index < -0.39 is 0 Å². The molecule has 2 N–H and O–H groups in total. The topological polar surface area (TPSA) is 75.3 Å². The lowest BCUT2D eigenvalue weighted by Gasteiger charge is -2.12. The van der Waals surface area contributed by atoms with E-state index in [1.54, 1.807) is 0 Å². The van der Waals surface area contributed by atoms with Gasteiger partial charge in [-0.1, -0.05) is 97.1 Å². The van der Waals surface area contributed by atoms with Crippen LogP contribution in [0.5, 0.6) is 0 Å². The smallest absolute Gasteiger partial charge is 0.319 e. The number of hydrogen-bond acceptors (Lipinski definition) is 3. The molecule has 0 fully saturated rings. The summed E-state index contributed by atoms with van der Waals surface area (Å²) in [7, 11) is 0. The predicted octanol–water partition coefficient (Wildman–Crippen LogP) is 6.50. The number of Topliss-reactive ketones (excluding diaryl/α,β-unsaturated/α-hetero) is 2. The van der Waals surface area contributed by atoms with Crippen LogP contribution in [0.4, 0.5) is 10.5 Å². The number of hydrogen-bond donors (Lipinski definition) is 2. The second-order valence-corrected chi connectivity index (χ2v) is 9.73. The van der Waals surface area contributed by atoms with Crippen molar-refractivity contribution in [2.45, 2.75) is 45.1 Å². The highest BCUT2D eigenvalue weighted by Crippen LogP contribution is 2.19. The van der Waals surface area contributed by atoms with Crippen molar-refractivity contribution < 1.29 is 14.4 Å². The first kappa shape index (κ1) is 27.5. The van der Waals surface area contributed by atoms with Gasteiger partial charge in [-0.3, -0.25) is 9.59 Å². The van der Waals surface area contributed by atoms with Gasteiger partial charge in [0.05, 0.1) is 0 Å². The van der Waals surface area contributed by atoms with Gasteiger partial charge in [-0.15, -0.1) is 0 Å². The fourth-order valence-electron chi connectivity index (χ4n) is 4.48. The number of ketones is 2. The third kappa shape index (κ3) is 9.71. The quantitative estimate of drug-likeness (QED) is 0.212. The normalized spacial score (nSPS) is 10.6. The zero-order valence-corrected chi connectivity index (χ0v) is 22.1. The number of nitrogens with one attached hydrogen (secondary N) is 2. The van der Waals surface area contributed by atoms with Crippen molar-refractivity contribution in [3.05, 3.63) is 137 Å². The van der Waals surface area contributed by atoms with Crippen LogP contribution in [-0.2, 0) is 41.8 Å². The van der Waals surface area contributed by atoms with E-state index >= 15 is 0 Å². The van der Waals surface area contributed by atoms with Gasteiger partial charge in [-0.05, 0) is 52.8 Å². The summed E-state index contributed by atoms with van der Waals surface area (Å²) in [6.45, 7) is 0.398. The van der Waals surface area contributed by atoms with Gasteiger partial charge >= 0.3 is 6.03 Å². The number of carbonyl (C=O) groups is 3. The lowest BCUT2D eigenvalue weighted by Crippen LogP contribution is -2.28. The molecular formula is C34H34N2O3. The molecule has 0 aliphatic rings. The van der Waals surface area contributed by atoms with E-state index in [1.165, 1.54) is 0 Å². The van der Waals surface area contributed by atoms with Crippen LogP contribution < -0.4 is 10.6 Å². The fraction of sp³-hybridized carbons (Fsp3) is 0.206. The highest BCUT2D eigenvalue weighted by molar-refractivity contribution is 5.90. The van der Waals surface area contributed by atoms with Crippen LogP contribution in [0.25, 0.3) is 0 Å². The molecule has 2 amide bonds. The molecule has 0 heterocycles. The molecule has 5 nitrogen and oxygen atoms in total. The van der Waals surface area contributed by atoms with Gasteiger partial charge in [0.15, 0.2) is 0 Å².